The van der Waals surface area contributed by atoms with Crippen LogP contribution in [0.15, 0.2) is 18.3 Å². The molecule has 0 aliphatic carbocycles. The van der Waals surface area contributed by atoms with Crippen molar-refractivity contribution in [2.24, 2.45) is 11.3 Å². The van der Waals surface area contributed by atoms with Crippen molar-refractivity contribution in [3.63, 3.8) is 0 Å². The molecule has 3 rings (SSSR count). The molecule has 3 heterocycles. The molecule has 314 valence electrons. The average Bonchev–Trinajstić information content (AvgIpc) is 3.08. The maximum absolute atomic E-state index is 6.26. The lowest BCUT2D eigenvalue weighted by Crippen LogP contribution is -2.61. The van der Waals surface area contributed by atoms with Crippen LogP contribution in [0.4, 0.5) is 0 Å². The first-order valence-corrected chi connectivity index (χ1v) is 22.0. The van der Waals surface area contributed by atoms with E-state index in [2.05, 4.69) is 90.1 Å². The van der Waals surface area contributed by atoms with Crippen molar-refractivity contribution in [1.29, 1.82) is 0 Å². The Morgan fingerprint density at radius 2 is 1.28 bits per heavy atom. The molecule has 0 spiro atoms. The fourth-order valence-corrected chi connectivity index (χ4v) is 7.45. The molecule has 0 atom stereocenters. The number of hydrogen-bond donors (Lipinski definition) is 0. The second-order valence-corrected chi connectivity index (χ2v) is 19.8. The Labute approximate surface area is 333 Å². The van der Waals surface area contributed by atoms with Crippen LogP contribution in [-0.4, -0.2) is 110 Å². The zero-order valence-corrected chi connectivity index (χ0v) is 36.9. The summed E-state index contributed by atoms with van der Waals surface area (Å²) in [7, 11) is 0. The van der Waals surface area contributed by atoms with Crippen molar-refractivity contribution in [3.8, 4) is 5.75 Å². The number of likely N-dealkylation sites (tertiary alicyclic amines) is 2. The fraction of sp³-hybridized carbons (Fsp3) is 0.891. The van der Waals surface area contributed by atoms with Gasteiger partial charge in [-0.1, -0.05) is 40.0 Å². The summed E-state index contributed by atoms with van der Waals surface area (Å²) in [5, 5.41) is 0. The smallest absolute Gasteiger partial charge is 0.137 e. The number of piperidine rings is 1. The van der Waals surface area contributed by atoms with E-state index in [0.717, 1.165) is 102 Å². The van der Waals surface area contributed by atoms with Gasteiger partial charge in [0.2, 0.25) is 0 Å². The van der Waals surface area contributed by atoms with Crippen molar-refractivity contribution in [3.05, 3.63) is 24.0 Å². The van der Waals surface area contributed by atoms with Crippen LogP contribution in [0.1, 0.15) is 158 Å². The molecule has 0 aromatic carbocycles. The number of pyridine rings is 1. The third-order valence-electron chi connectivity index (χ3n) is 11.4. The Hall–Kier alpha value is -1.29. The van der Waals surface area contributed by atoms with Gasteiger partial charge in [-0.3, -0.25) is 14.8 Å². The number of ether oxygens (including phenoxy) is 5. The van der Waals surface area contributed by atoms with E-state index in [0.29, 0.717) is 12.7 Å². The molecule has 2 aliphatic heterocycles. The molecule has 0 saturated carbocycles. The molecule has 1 aromatic rings. The van der Waals surface area contributed by atoms with Crippen LogP contribution in [0.3, 0.4) is 0 Å². The molecule has 54 heavy (non-hydrogen) atoms. The van der Waals surface area contributed by atoms with Gasteiger partial charge in [-0.25, -0.2) is 0 Å². The molecule has 0 radical (unpaired) electrons. The molecular formula is C46H85N3O5. The Kier molecular flexibility index (Phi) is 20.8. The fourth-order valence-electron chi connectivity index (χ4n) is 7.45. The highest BCUT2D eigenvalue weighted by atomic mass is 16.5. The second kappa shape index (κ2) is 23.8. The van der Waals surface area contributed by atoms with Crippen molar-refractivity contribution in [2.75, 3.05) is 72.4 Å². The van der Waals surface area contributed by atoms with E-state index in [1.165, 1.54) is 70.9 Å². The molecule has 2 saturated heterocycles. The van der Waals surface area contributed by atoms with Crippen LogP contribution in [-0.2, 0) is 25.4 Å². The van der Waals surface area contributed by atoms with E-state index in [4.69, 9.17) is 23.7 Å². The standard InChI is InChI=1S/C46H85N3O5/c1-43(2,3)38-51-31-18-33-52-41-22-21-40(47-35-41)20-17-32-53-42-36-49(37-42)46(9,10)26-25-45(7,8)48-27-23-39(24-28-48)19-13-11-14-29-50-30-15-12-16-34-54-44(4,5)6/h21-22,35,39,42H,11-20,23-34,36-38H2,1-10H3. The maximum Gasteiger partial charge on any atom is 0.137 e. The van der Waals surface area contributed by atoms with Crippen LogP contribution in [0.5, 0.6) is 5.75 Å². The third kappa shape index (κ3) is 20.2. The van der Waals surface area contributed by atoms with Gasteiger partial charge in [0.1, 0.15) is 5.75 Å². The minimum absolute atomic E-state index is 0.0207. The van der Waals surface area contributed by atoms with E-state index >= 15 is 0 Å². The van der Waals surface area contributed by atoms with Crippen molar-refractivity contribution < 1.29 is 23.7 Å². The van der Waals surface area contributed by atoms with E-state index in [1.54, 1.807) is 0 Å². The topological polar surface area (TPSA) is 65.5 Å². The lowest BCUT2D eigenvalue weighted by molar-refractivity contribution is -0.0979. The van der Waals surface area contributed by atoms with Gasteiger partial charge in [0.05, 0.1) is 31.1 Å². The number of hydrogen-bond acceptors (Lipinski definition) is 8. The molecular weight excluding hydrogens is 675 g/mol. The highest BCUT2D eigenvalue weighted by Crippen LogP contribution is 2.34. The zero-order chi connectivity index (χ0) is 39.5. The lowest BCUT2D eigenvalue weighted by Gasteiger charge is -2.51. The molecule has 8 nitrogen and oxygen atoms in total. The zero-order valence-electron chi connectivity index (χ0n) is 36.9. The number of aromatic nitrogens is 1. The quantitative estimate of drug-likeness (QED) is 0.0783. The minimum atomic E-state index is -0.0207. The van der Waals surface area contributed by atoms with Crippen molar-refractivity contribution >= 4 is 0 Å². The van der Waals surface area contributed by atoms with Crippen LogP contribution in [0.2, 0.25) is 0 Å². The van der Waals surface area contributed by atoms with Crippen molar-refractivity contribution in [1.82, 2.24) is 14.8 Å². The predicted octanol–water partition coefficient (Wildman–Crippen LogP) is 10.2. The summed E-state index contributed by atoms with van der Waals surface area (Å²) < 4.78 is 29.5. The largest absolute Gasteiger partial charge is 0.492 e. The summed E-state index contributed by atoms with van der Waals surface area (Å²) in [6, 6.07) is 4.11. The predicted molar refractivity (Wildman–Crippen MR) is 225 cm³/mol. The first-order chi connectivity index (χ1) is 25.5. The summed E-state index contributed by atoms with van der Waals surface area (Å²) in [6.45, 7) is 33.0. The Morgan fingerprint density at radius 1 is 0.648 bits per heavy atom. The number of nitrogens with zero attached hydrogens (tertiary/aromatic N) is 3. The average molecular weight is 760 g/mol. The first kappa shape index (κ1) is 47.1. The summed E-state index contributed by atoms with van der Waals surface area (Å²) in [6.07, 6.45) is 18.9. The van der Waals surface area contributed by atoms with Gasteiger partial charge >= 0.3 is 0 Å². The third-order valence-corrected chi connectivity index (χ3v) is 11.4. The van der Waals surface area contributed by atoms with Gasteiger partial charge < -0.3 is 23.7 Å². The van der Waals surface area contributed by atoms with Gasteiger partial charge in [-0.2, -0.15) is 0 Å². The maximum atomic E-state index is 6.26. The Balaban J connectivity index is 1.16. The van der Waals surface area contributed by atoms with Gasteiger partial charge in [-0.15, -0.1) is 0 Å². The van der Waals surface area contributed by atoms with Gasteiger partial charge in [0.15, 0.2) is 0 Å². The molecule has 1 aromatic heterocycles. The number of aryl methyl sites for hydroxylation is 1. The lowest BCUT2D eigenvalue weighted by atomic mass is 9.83. The second-order valence-electron chi connectivity index (χ2n) is 19.8. The van der Waals surface area contributed by atoms with Gasteiger partial charge in [0.25, 0.3) is 0 Å². The van der Waals surface area contributed by atoms with Crippen LogP contribution in [0.25, 0.3) is 0 Å². The summed E-state index contributed by atoms with van der Waals surface area (Å²) in [4.78, 5) is 10.0. The first-order valence-electron chi connectivity index (χ1n) is 22.0. The summed E-state index contributed by atoms with van der Waals surface area (Å²) in [5.74, 6) is 1.73. The molecule has 2 fully saturated rings. The molecule has 0 N–H and O–H groups in total. The Bertz CT molecular complexity index is 1100. The molecule has 0 bridgehead atoms. The molecule has 0 unspecified atom stereocenters. The molecule has 2 aliphatic rings. The highest BCUT2D eigenvalue weighted by molar-refractivity contribution is 5.19. The van der Waals surface area contributed by atoms with E-state index in [9.17, 15) is 0 Å². The van der Waals surface area contributed by atoms with Crippen LogP contribution >= 0.6 is 0 Å². The minimum Gasteiger partial charge on any atom is -0.492 e. The van der Waals surface area contributed by atoms with E-state index in [-0.39, 0.29) is 22.1 Å². The van der Waals surface area contributed by atoms with Crippen LogP contribution in [0, 0.1) is 11.3 Å². The number of rotatable bonds is 28. The monoisotopic (exact) mass is 760 g/mol. The summed E-state index contributed by atoms with van der Waals surface area (Å²) >= 11 is 0. The van der Waals surface area contributed by atoms with Gasteiger partial charge in [-0.05, 0) is 149 Å². The molecule has 8 heteroatoms. The van der Waals surface area contributed by atoms with Gasteiger partial charge in [0, 0.05) is 69.3 Å². The number of unbranched alkanes of at least 4 members (excludes halogenated alkanes) is 4. The Morgan fingerprint density at radius 3 is 1.91 bits per heavy atom. The highest BCUT2D eigenvalue weighted by Gasteiger charge is 2.39. The van der Waals surface area contributed by atoms with E-state index < -0.39 is 0 Å². The van der Waals surface area contributed by atoms with E-state index in [1.807, 2.05) is 12.3 Å². The van der Waals surface area contributed by atoms with Crippen LogP contribution < -0.4 is 4.74 Å². The SMILES string of the molecule is CC(C)(C)COCCCOc1ccc(CCCOC2CN(C(C)(C)CCC(C)(C)N3CCC(CCCCCOCCCCCOC(C)(C)C)CC3)C2)nc1. The normalized spacial score (nSPS) is 17.3. The van der Waals surface area contributed by atoms with Crippen molar-refractivity contribution in [2.45, 2.75) is 182 Å². The summed E-state index contributed by atoms with van der Waals surface area (Å²) in [5.41, 5.74) is 1.73. The molecule has 0 amide bonds.